The monoisotopic (exact) mass is 325 g/mol. The van der Waals surface area contributed by atoms with Crippen LogP contribution in [0.3, 0.4) is 0 Å². The van der Waals surface area contributed by atoms with E-state index in [0.29, 0.717) is 23.3 Å². The van der Waals surface area contributed by atoms with Gasteiger partial charge in [-0.2, -0.15) is 0 Å². The zero-order chi connectivity index (χ0) is 13.9. The highest BCUT2D eigenvalue weighted by molar-refractivity contribution is 9.10. The van der Waals surface area contributed by atoms with Crippen LogP contribution in [0.1, 0.15) is 18.2 Å². The molecule has 1 unspecified atom stereocenters. The van der Waals surface area contributed by atoms with E-state index >= 15 is 0 Å². The smallest absolute Gasteiger partial charge is 0.136 e. The van der Waals surface area contributed by atoms with Crippen LogP contribution in [0.5, 0.6) is 5.75 Å². The zero-order valence-electron chi connectivity index (χ0n) is 10.6. The number of furan rings is 1. The van der Waals surface area contributed by atoms with Crippen LogP contribution in [0, 0.1) is 0 Å². The maximum atomic E-state index is 10.2. The Bertz CT molecular complexity index is 538. The molecule has 0 saturated carbocycles. The lowest BCUT2D eigenvalue weighted by molar-refractivity contribution is 0.0340. The van der Waals surface area contributed by atoms with Gasteiger partial charge >= 0.3 is 0 Å². The molecule has 19 heavy (non-hydrogen) atoms. The van der Waals surface area contributed by atoms with Gasteiger partial charge in [0.2, 0.25) is 0 Å². The first-order valence-corrected chi connectivity index (χ1v) is 6.73. The molecule has 1 aromatic carbocycles. The Hall–Kier alpha value is -1.30. The predicted octanol–water partition coefficient (Wildman–Crippen LogP) is 2.75. The Labute approximate surface area is 120 Å². The number of benzene rings is 1. The summed E-state index contributed by atoms with van der Waals surface area (Å²) >= 11 is 3.27. The molecule has 1 aromatic heterocycles. The fourth-order valence-electron chi connectivity index (χ4n) is 1.82. The normalized spacial score (nSPS) is 14.3. The number of halogens is 1. The second-order valence-corrected chi connectivity index (χ2v) is 5.46. The number of phenols is 1. The van der Waals surface area contributed by atoms with Gasteiger partial charge in [0.05, 0.1) is 10.7 Å². The third kappa shape index (κ3) is 3.37. The predicted molar refractivity (Wildman–Crippen MR) is 75.8 cm³/mol. The van der Waals surface area contributed by atoms with E-state index in [2.05, 4.69) is 21.2 Å². The van der Waals surface area contributed by atoms with Crippen molar-refractivity contribution in [1.29, 1.82) is 0 Å². The van der Waals surface area contributed by atoms with E-state index in [0.717, 1.165) is 5.56 Å². The largest absolute Gasteiger partial charge is 0.506 e. The molecule has 0 radical (unpaired) electrons. The quantitative estimate of drug-likeness (QED) is 0.790. The van der Waals surface area contributed by atoms with Gasteiger partial charge in [0.1, 0.15) is 17.1 Å². The lowest BCUT2D eigenvalue weighted by Crippen LogP contribution is -2.34. The molecule has 4 nitrogen and oxygen atoms in total. The lowest BCUT2D eigenvalue weighted by atomic mass is 10.0. The van der Waals surface area contributed by atoms with Crippen LogP contribution in [0.2, 0.25) is 0 Å². The van der Waals surface area contributed by atoms with E-state index in [1.165, 1.54) is 6.26 Å². The first-order valence-electron chi connectivity index (χ1n) is 5.94. The summed E-state index contributed by atoms with van der Waals surface area (Å²) in [6.07, 6.45) is 1.53. The van der Waals surface area contributed by atoms with E-state index in [1.807, 2.05) is 12.1 Å². The molecule has 102 valence electrons. The first kappa shape index (κ1) is 14.1. The van der Waals surface area contributed by atoms with E-state index in [-0.39, 0.29) is 5.75 Å². The summed E-state index contributed by atoms with van der Waals surface area (Å²) in [5.74, 6) is 0.728. The average molecular weight is 326 g/mol. The second-order valence-electron chi connectivity index (χ2n) is 4.60. The average Bonchev–Trinajstić information content (AvgIpc) is 2.89. The number of aromatic hydroxyl groups is 1. The molecular weight excluding hydrogens is 310 g/mol. The molecule has 0 saturated heterocycles. The van der Waals surface area contributed by atoms with Gasteiger partial charge < -0.3 is 19.9 Å². The summed E-state index contributed by atoms with van der Waals surface area (Å²) < 4.78 is 5.85. The Balaban J connectivity index is 1.95. The van der Waals surface area contributed by atoms with Gasteiger partial charge in [0.25, 0.3) is 0 Å². The van der Waals surface area contributed by atoms with Crippen LogP contribution < -0.4 is 5.32 Å². The summed E-state index contributed by atoms with van der Waals surface area (Å²) in [5.41, 5.74) is -0.310. The minimum Gasteiger partial charge on any atom is -0.506 e. The molecule has 3 N–H and O–H groups in total. The van der Waals surface area contributed by atoms with E-state index < -0.39 is 5.60 Å². The second kappa shape index (κ2) is 5.77. The van der Waals surface area contributed by atoms with Crippen molar-refractivity contribution in [2.24, 2.45) is 0 Å². The molecule has 0 aliphatic rings. The minimum atomic E-state index is -1.08. The fraction of sp³-hybridized carbons (Fsp3) is 0.286. The Morgan fingerprint density at radius 2 is 2.11 bits per heavy atom. The number of para-hydroxylation sites is 1. The molecule has 0 bridgehead atoms. The molecule has 0 amide bonds. The third-order valence-electron chi connectivity index (χ3n) is 2.91. The van der Waals surface area contributed by atoms with Crippen LogP contribution in [0.15, 0.2) is 45.5 Å². The fourth-order valence-corrected chi connectivity index (χ4v) is 2.22. The van der Waals surface area contributed by atoms with Crippen molar-refractivity contribution < 1.29 is 14.6 Å². The first-order chi connectivity index (χ1) is 9.00. The van der Waals surface area contributed by atoms with Gasteiger partial charge in [-0.3, -0.25) is 0 Å². The maximum Gasteiger partial charge on any atom is 0.136 e. The summed E-state index contributed by atoms with van der Waals surface area (Å²) in [4.78, 5) is 0. The minimum absolute atomic E-state index is 0.215. The molecule has 2 rings (SSSR count). The van der Waals surface area contributed by atoms with Crippen molar-refractivity contribution in [3.05, 3.63) is 52.4 Å². The highest BCUT2D eigenvalue weighted by Gasteiger charge is 2.25. The van der Waals surface area contributed by atoms with Gasteiger partial charge in [0, 0.05) is 18.7 Å². The highest BCUT2D eigenvalue weighted by atomic mass is 79.9. The lowest BCUT2D eigenvalue weighted by Gasteiger charge is -2.21. The summed E-state index contributed by atoms with van der Waals surface area (Å²) in [6.45, 7) is 2.47. The molecule has 0 aliphatic heterocycles. The van der Waals surface area contributed by atoms with Crippen molar-refractivity contribution in [2.75, 3.05) is 6.54 Å². The Morgan fingerprint density at radius 1 is 1.32 bits per heavy atom. The van der Waals surface area contributed by atoms with E-state index in [4.69, 9.17) is 4.42 Å². The van der Waals surface area contributed by atoms with Gasteiger partial charge in [-0.15, -0.1) is 0 Å². The van der Waals surface area contributed by atoms with Gasteiger partial charge in [0.15, 0.2) is 0 Å². The number of nitrogens with one attached hydrogen (secondary N) is 1. The molecule has 1 atom stereocenters. The number of hydrogen-bond donors (Lipinski definition) is 3. The summed E-state index contributed by atoms with van der Waals surface area (Å²) in [5, 5.41) is 23.2. The standard InChI is InChI=1S/C14H16BrNO3/c1-14(18,12-6-3-7-19-12)9-16-8-10-4-2-5-11(15)13(10)17/h2-7,16-18H,8-9H2,1H3. The van der Waals surface area contributed by atoms with Crippen LogP contribution in [0.25, 0.3) is 0 Å². The SMILES string of the molecule is CC(O)(CNCc1cccc(Br)c1O)c1ccco1. The van der Waals surface area contributed by atoms with Crippen molar-refractivity contribution >= 4 is 15.9 Å². The third-order valence-corrected chi connectivity index (χ3v) is 3.55. The van der Waals surface area contributed by atoms with Crippen molar-refractivity contribution in [2.45, 2.75) is 19.1 Å². The highest BCUT2D eigenvalue weighted by Crippen LogP contribution is 2.27. The zero-order valence-corrected chi connectivity index (χ0v) is 12.1. The molecule has 0 aliphatic carbocycles. The summed E-state index contributed by atoms with van der Waals surface area (Å²) in [7, 11) is 0. The van der Waals surface area contributed by atoms with Crippen LogP contribution >= 0.6 is 15.9 Å². The Morgan fingerprint density at radius 3 is 2.79 bits per heavy atom. The number of aliphatic hydroxyl groups is 1. The molecule has 2 aromatic rings. The Kier molecular flexibility index (Phi) is 4.29. The van der Waals surface area contributed by atoms with Crippen LogP contribution in [-0.2, 0) is 12.1 Å². The number of phenolic OH excluding ortho intramolecular Hbond substituents is 1. The topological polar surface area (TPSA) is 65.6 Å². The van der Waals surface area contributed by atoms with Gasteiger partial charge in [-0.05, 0) is 41.1 Å². The maximum absolute atomic E-state index is 10.2. The number of hydrogen-bond acceptors (Lipinski definition) is 4. The van der Waals surface area contributed by atoms with E-state index in [1.54, 1.807) is 25.1 Å². The van der Waals surface area contributed by atoms with Gasteiger partial charge in [-0.1, -0.05) is 12.1 Å². The van der Waals surface area contributed by atoms with Gasteiger partial charge in [-0.25, -0.2) is 0 Å². The molecule has 5 heteroatoms. The summed E-state index contributed by atoms with van der Waals surface area (Å²) in [6, 6.07) is 8.93. The van der Waals surface area contributed by atoms with Crippen molar-refractivity contribution in [1.82, 2.24) is 5.32 Å². The van der Waals surface area contributed by atoms with Crippen molar-refractivity contribution in [3.63, 3.8) is 0 Å². The molecule has 0 fully saturated rings. The van der Waals surface area contributed by atoms with Crippen molar-refractivity contribution in [3.8, 4) is 5.75 Å². The van der Waals surface area contributed by atoms with Crippen LogP contribution in [-0.4, -0.2) is 16.8 Å². The van der Waals surface area contributed by atoms with Crippen LogP contribution in [0.4, 0.5) is 0 Å². The molecule has 1 heterocycles. The molecule has 0 spiro atoms. The number of rotatable bonds is 5. The van der Waals surface area contributed by atoms with E-state index in [9.17, 15) is 10.2 Å². The molecular formula is C14H16BrNO3.